The number of allylic oxidation sites excluding steroid dienone is 2. The van der Waals surface area contributed by atoms with E-state index >= 15 is 0 Å². The Kier molecular flexibility index (Phi) is 3.40. The number of imide groups is 1. The van der Waals surface area contributed by atoms with Crippen molar-refractivity contribution >= 4 is 23.5 Å². The number of nitrogens with zero attached hydrogens (tertiary/aromatic N) is 1. The van der Waals surface area contributed by atoms with Gasteiger partial charge in [-0.3, -0.25) is 9.59 Å². The molecule has 3 fully saturated rings. The molecule has 6 atom stereocenters. The zero-order valence-electron chi connectivity index (χ0n) is 15.6. The van der Waals surface area contributed by atoms with Crippen LogP contribution in [0.25, 0.3) is 0 Å². The second-order valence-electron chi connectivity index (χ2n) is 8.42. The van der Waals surface area contributed by atoms with E-state index in [0.29, 0.717) is 28.8 Å². The molecular formula is C24H19NO4. The zero-order valence-corrected chi connectivity index (χ0v) is 15.6. The Bertz CT molecular complexity index is 1040. The molecule has 5 aliphatic rings. The predicted molar refractivity (Wildman–Crippen MR) is 105 cm³/mol. The zero-order chi connectivity index (χ0) is 19.7. The Labute approximate surface area is 168 Å². The van der Waals surface area contributed by atoms with E-state index in [1.54, 1.807) is 48.5 Å². The fourth-order valence-electron chi connectivity index (χ4n) is 5.64. The van der Waals surface area contributed by atoms with E-state index in [9.17, 15) is 14.4 Å². The summed E-state index contributed by atoms with van der Waals surface area (Å²) in [6.07, 6.45) is 5.46. The highest BCUT2D eigenvalue weighted by Crippen LogP contribution is 2.65. The lowest BCUT2D eigenvalue weighted by atomic mass is 9.63. The van der Waals surface area contributed by atoms with Crippen LogP contribution in [0.4, 0.5) is 5.69 Å². The largest absolute Gasteiger partial charge is 0.423 e. The van der Waals surface area contributed by atoms with Crippen LogP contribution in [0.2, 0.25) is 0 Å². The van der Waals surface area contributed by atoms with Crippen LogP contribution in [0, 0.1) is 35.5 Å². The quantitative estimate of drug-likeness (QED) is 0.351. The molecule has 2 aromatic carbocycles. The van der Waals surface area contributed by atoms with Gasteiger partial charge in [0.25, 0.3) is 0 Å². The number of ether oxygens (including phenoxy) is 1. The van der Waals surface area contributed by atoms with E-state index in [1.807, 2.05) is 6.07 Å². The third-order valence-corrected chi connectivity index (χ3v) is 6.96. The number of amides is 2. The third-order valence-electron chi connectivity index (χ3n) is 6.96. The number of carbonyl (C=O) groups excluding carboxylic acids is 3. The molecule has 0 spiro atoms. The molecule has 144 valence electrons. The van der Waals surface area contributed by atoms with Gasteiger partial charge in [-0.2, -0.15) is 0 Å². The van der Waals surface area contributed by atoms with Crippen LogP contribution in [0.15, 0.2) is 66.7 Å². The first kappa shape index (κ1) is 16.7. The molecule has 5 nitrogen and oxygen atoms in total. The number of benzene rings is 2. The van der Waals surface area contributed by atoms with Crippen molar-refractivity contribution in [3.63, 3.8) is 0 Å². The summed E-state index contributed by atoms with van der Waals surface area (Å²) in [5.74, 6) is 0.655. The smallest absolute Gasteiger partial charge is 0.343 e. The van der Waals surface area contributed by atoms with Gasteiger partial charge in [0.15, 0.2) is 0 Å². The number of hydrogen-bond acceptors (Lipinski definition) is 4. The molecule has 5 heteroatoms. The maximum absolute atomic E-state index is 13.2. The van der Waals surface area contributed by atoms with Crippen molar-refractivity contribution in [2.45, 2.75) is 6.42 Å². The molecule has 0 aromatic heterocycles. The second-order valence-corrected chi connectivity index (χ2v) is 8.42. The average Bonchev–Trinajstić information content (AvgIpc) is 3.52. The Morgan fingerprint density at radius 3 is 2.17 bits per heavy atom. The SMILES string of the molecule is O=C(Oc1cccc(N2C(=O)[C@@H]3[C@H]4C=C[C@@H]([C@@H]5C[C@@H]45)[C@H]3C2=O)c1)c1ccccc1. The van der Waals surface area contributed by atoms with Gasteiger partial charge in [-0.05, 0) is 54.4 Å². The molecule has 0 unspecified atom stereocenters. The van der Waals surface area contributed by atoms with Crippen molar-refractivity contribution < 1.29 is 19.1 Å². The Morgan fingerprint density at radius 1 is 0.862 bits per heavy atom. The van der Waals surface area contributed by atoms with Gasteiger partial charge in [0.2, 0.25) is 11.8 Å². The highest BCUT2D eigenvalue weighted by atomic mass is 16.5. The number of esters is 1. The van der Waals surface area contributed by atoms with Crippen molar-refractivity contribution in [2.24, 2.45) is 35.5 Å². The van der Waals surface area contributed by atoms with Gasteiger partial charge in [0.05, 0.1) is 23.1 Å². The maximum Gasteiger partial charge on any atom is 0.343 e. The fraction of sp³-hybridized carbons (Fsp3) is 0.292. The van der Waals surface area contributed by atoms with Crippen LogP contribution in [-0.4, -0.2) is 17.8 Å². The minimum Gasteiger partial charge on any atom is -0.423 e. The molecule has 0 radical (unpaired) electrons. The van der Waals surface area contributed by atoms with Crippen molar-refractivity contribution in [2.75, 3.05) is 4.90 Å². The van der Waals surface area contributed by atoms with Crippen molar-refractivity contribution in [1.29, 1.82) is 0 Å². The van der Waals surface area contributed by atoms with Crippen molar-refractivity contribution in [3.05, 3.63) is 72.3 Å². The summed E-state index contributed by atoms with van der Waals surface area (Å²) in [5, 5.41) is 0. The van der Waals surface area contributed by atoms with E-state index in [2.05, 4.69) is 12.2 Å². The summed E-state index contributed by atoms with van der Waals surface area (Å²) in [5.41, 5.74) is 0.917. The highest BCUT2D eigenvalue weighted by molar-refractivity contribution is 6.22. The normalized spacial score (nSPS) is 33.4. The van der Waals surface area contributed by atoms with Crippen LogP contribution in [0.1, 0.15) is 16.8 Å². The molecule has 1 aliphatic heterocycles. The van der Waals surface area contributed by atoms with Crippen LogP contribution in [0.5, 0.6) is 5.75 Å². The minimum absolute atomic E-state index is 0.115. The van der Waals surface area contributed by atoms with Gasteiger partial charge in [-0.15, -0.1) is 0 Å². The van der Waals surface area contributed by atoms with Crippen LogP contribution in [0.3, 0.4) is 0 Å². The fourth-order valence-corrected chi connectivity index (χ4v) is 5.64. The van der Waals surface area contributed by atoms with Gasteiger partial charge >= 0.3 is 5.97 Å². The first-order valence-electron chi connectivity index (χ1n) is 10.1. The lowest BCUT2D eigenvalue weighted by Gasteiger charge is -2.37. The van der Waals surface area contributed by atoms with Gasteiger partial charge in [-0.1, -0.05) is 36.4 Å². The maximum atomic E-state index is 13.2. The third kappa shape index (κ3) is 2.36. The van der Waals surface area contributed by atoms with Crippen LogP contribution < -0.4 is 9.64 Å². The molecule has 2 saturated carbocycles. The van der Waals surface area contributed by atoms with E-state index in [-0.39, 0.29) is 35.5 Å². The summed E-state index contributed by atoms with van der Waals surface area (Å²) < 4.78 is 5.47. The van der Waals surface area contributed by atoms with E-state index < -0.39 is 5.97 Å². The number of anilines is 1. The topological polar surface area (TPSA) is 63.7 Å². The molecule has 2 amide bonds. The highest BCUT2D eigenvalue weighted by Gasteiger charge is 2.67. The minimum atomic E-state index is -0.474. The molecule has 2 bridgehead atoms. The number of rotatable bonds is 3. The van der Waals surface area contributed by atoms with E-state index in [4.69, 9.17) is 4.74 Å². The molecule has 2 aromatic rings. The molecule has 0 N–H and O–H groups in total. The van der Waals surface area contributed by atoms with Gasteiger partial charge < -0.3 is 4.74 Å². The number of carbonyl (C=O) groups is 3. The van der Waals surface area contributed by atoms with Gasteiger partial charge in [0.1, 0.15) is 5.75 Å². The van der Waals surface area contributed by atoms with Gasteiger partial charge in [-0.25, -0.2) is 9.69 Å². The Balaban J connectivity index is 1.29. The summed E-state index contributed by atoms with van der Waals surface area (Å²) in [6.45, 7) is 0. The molecule has 1 saturated heterocycles. The van der Waals surface area contributed by atoms with Gasteiger partial charge in [0, 0.05) is 6.07 Å². The molecule has 29 heavy (non-hydrogen) atoms. The Hall–Kier alpha value is -3.21. The summed E-state index contributed by atoms with van der Waals surface area (Å²) in [6, 6.07) is 15.4. The van der Waals surface area contributed by atoms with E-state index in [1.165, 1.54) is 4.90 Å². The van der Waals surface area contributed by atoms with Crippen molar-refractivity contribution in [3.8, 4) is 5.75 Å². The molecule has 7 rings (SSSR count). The lowest BCUT2D eigenvalue weighted by molar-refractivity contribution is -0.124. The summed E-state index contributed by atoms with van der Waals surface area (Å²) in [7, 11) is 0. The second kappa shape index (κ2) is 5.89. The predicted octanol–water partition coefficient (Wildman–Crippen LogP) is 3.46. The standard InChI is InChI=1S/C24H19NO4/c26-22-20-16-9-10-17(19-12-18(16)19)21(20)23(27)25(22)14-7-4-8-15(11-14)29-24(28)13-5-2-1-3-6-13/h1-11,16-21H,12H2/t16-,17-,18-,19-,20+,21+/m0/s1. The monoisotopic (exact) mass is 385 g/mol. The molecule has 1 heterocycles. The van der Waals surface area contributed by atoms with Crippen LogP contribution >= 0.6 is 0 Å². The summed E-state index contributed by atoms with van der Waals surface area (Å²) >= 11 is 0. The molecule has 4 aliphatic carbocycles. The van der Waals surface area contributed by atoms with Crippen molar-refractivity contribution in [1.82, 2.24) is 0 Å². The average molecular weight is 385 g/mol. The number of hydrogen-bond donors (Lipinski definition) is 0. The lowest BCUT2D eigenvalue weighted by Crippen LogP contribution is -2.40. The Morgan fingerprint density at radius 2 is 1.52 bits per heavy atom. The first-order chi connectivity index (χ1) is 14.1. The van der Waals surface area contributed by atoms with E-state index in [0.717, 1.165) is 6.42 Å². The summed E-state index contributed by atoms with van der Waals surface area (Å²) in [4.78, 5) is 40.1. The first-order valence-corrected chi connectivity index (χ1v) is 10.1. The van der Waals surface area contributed by atoms with Crippen LogP contribution in [-0.2, 0) is 9.59 Å². The molecular weight excluding hydrogens is 366 g/mol.